The van der Waals surface area contributed by atoms with Crippen LogP contribution in [0.5, 0.6) is 0 Å². The number of hydrogen-bond acceptors (Lipinski definition) is 2. The predicted molar refractivity (Wildman–Crippen MR) is 104 cm³/mol. The van der Waals surface area contributed by atoms with E-state index in [9.17, 15) is 4.79 Å². The Morgan fingerprint density at radius 2 is 2.00 bits per heavy atom. The second-order valence-electron chi connectivity index (χ2n) is 5.82. The van der Waals surface area contributed by atoms with E-state index in [2.05, 4.69) is 37.4 Å². The molecule has 0 aliphatic carbocycles. The Balaban J connectivity index is 2.60. The fraction of sp³-hybridized carbons (Fsp3) is 0.300. The van der Waals surface area contributed by atoms with E-state index in [1.807, 2.05) is 37.3 Å². The third kappa shape index (κ3) is 4.59. The number of rotatable bonds is 7. The van der Waals surface area contributed by atoms with E-state index < -0.39 is 6.03 Å². The predicted octanol–water partition coefficient (Wildman–Crippen LogP) is 4.82. The van der Waals surface area contributed by atoms with E-state index in [-0.39, 0.29) is 0 Å². The number of urea groups is 1. The Hall–Kier alpha value is -2.82. The van der Waals surface area contributed by atoms with Crippen LogP contribution >= 0.6 is 0 Å². The van der Waals surface area contributed by atoms with Gasteiger partial charge >= 0.3 is 6.03 Å². The highest BCUT2D eigenvalue weighted by Gasteiger charge is 2.18. The van der Waals surface area contributed by atoms with Gasteiger partial charge in [0.05, 0.1) is 11.4 Å². The lowest BCUT2D eigenvalue weighted by molar-refractivity contribution is 0.259. The van der Waals surface area contributed by atoms with Gasteiger partial charge in [-0.25, -0.2) is 9.48 Å². The number of para-hydroxylation sites is 1. The van der Waals surface area contributed by atoms with Gasteiger partial charge in [0.25, 0.3) is 0 Å². The average Bonchev–Trinajstić information content (AvgIpc) is 2.92. The number of nitrogens with zero attached hydrogens (tertiary/aromatic N) is 2. The first-order valence-electron chi connectivity index (χ1n) is 8.67. The summed E-state index contributed by atoms with van der Waals surface area (Å²) in [7, 11) is 0. The van der Waals surface area contributed by atoms with Crippen LogP contribution in [0.1, 0.15) is 44.4 Å². The van der Waals surface area contributed by atoms with Crippen molar-refractivity contribution in [1.82, 2.24) is 9.78 Å². The minimum atomic E-state index is -0.602. The lowest BCUT2D eigenvalue weighted by Crippen LogP contribution is -2.21. The number of benzene rings is 1. The van der Waals surface area contributed by atoms with Gasteiger partial charge in [-0.2, -0.15) is 5.10 Å². The lowest BCUT2D eigenvalue weighted by atomic mass is 10.1. The molecule has 0 fully saturated rings. The minimum Gasteiger partial charge on any atom is -0.351 e. The quantitative estimate of drug-likeness (QED) is 0.710. The first kappa shape index (κ1) is 18.5. The molecule has 5 heteroatoms. The second kappa shape index (κ2) is 8.87. The SMILES string of the molecule is CC/C=C\C(=C/CCC)c1nn(-c2ccccc2)c(NC(N)=O)c1C. The standard InChI is InChI=1S/C20H26N4O/c1-4-6-11-16(12-7-5-2)18-15(3)19(22-20(21)25)24(23-18)17-13-9-8-10-14-17/h6,8-14H,4-5,7H2,1-3H3,(H3,21,22,25)/b11-6-,16-12+. The summed E-state index contributed by atoms with van der Waals surface area (Å²) >= 11 is 0. The van der Waals surface area contributed by atoms with E-state index in [4.69, 9.17) is 10.8 Å². The molecule has 132 valence electrons. The summed E-state index contributed by atoms with van der Waals surface area (Å²) in [5.74, 6) is 0.598. The molecule has 0 aliphatic heterocycles. The molecule has 5 nitrogen and oxygen atoms in total. The van der Waals surface area contributed by atoms with E-state index in [1.54, 1.807) is 4.68 Å². The molecular weight excluding hydrogens is 312 g/mol. The first-order valence-corrected chi connectivity index (χ1v) is 8.67. The van der Waals surface area contributed by atoms with Crippen molar-refractivity contribution in [1.29, 1.82) is 0 Å². The molecule has 0 unspecified atom stereocenters. The van der Waals surface area contributed by atoms with E-state index in [0.717, 1.165) is 41.8 Å². The number of nitrogens with two attached hydrogens (primary N) is 1. The summed E-state index contributed by atoms with van der Waals surface area (Å²) in [5, 5.41) is 7.48. The van der Waals surface area contributed by atoms with Gasteiger partial charge in [0.15, 0.2) is 0 Å². The summed E-state index contributed by atoms with van der Waals surface area (Å²) in [6.45, 7) is 6.20. The van der Waals surface area contributed by atoms with Crippen LogP contribution in [-0.2, 0) is 0 Å². The zero-order valence-electron chi connectivity index (χ0n) is 15.1. The Kier molecular flexibility index (Phi) is 6.57. The molecule has 0 atom stereocenters. The number of carbonyl (C=O) groups is 1. The minimum absolute atomic E-state index is 0.598. The third-order valence-electron chi connectivity index (χ3n) is 3.82. The molecule has 1 heterocycles. The molecule has 0 radical (unpaired) electrons. The van der Waals surface area contributed by atoms with Gasteiger partial charge in [-0.3, -0.25) is 5.32 Å². The molecule has 2 rings (SSSR count). The van der Waals surface area contributed by atoms with Gasteiger partial charge in [0, 0.05) is 5.56 Å². The van der Waals surface area contributed by atoms with Gasteiger partial charge in [0.2, 0.25) is 0 Å². The smallest absolute Gasteiger partial charge is 0.317 e. The van der Waals surface area contributed by atoms with Gasteiger partial charge < -0.3 is 5.73 Å². The Bertz CT molecular complexity index is 772. The molecule has 0 spiro atoms. The summed E-state index contributed by atoms with van der Waals surface area (Å²) in [6.07, 6.45) is 9.38. The van der Waals surface area contributed by atoms with E-state index >= 15 is 0 Å². The van der Waals surface area contributed by atoms with Crippen LogP contribution in [-0.4, -0.2) is 15.8 Å². The van der Waals surface area contributed by atoms with Crippen LogP contribution in [0, 0.1) is 6.92 Å². The fourth-order valence-electron chi connectivity index (χ4n) is 2.58. The maximum absolute atomic E-state index is 11.5. The lowest BCUT2D eigenvalue weighted by Gasteiger charge is -2.07. The Morgan fingerprint density at radius 1 is 1.28 bits per heavy atom. The highest BCUT2D eigenvalue weighted by atomic mass is 16.2. The van der Waals surface area contributed by atoms with Crippen molar-refractivity contribution in [2.45, 2.75) is 40.0 Å². The number of unbranched alkanes of at least 4 members (excludes halogenated alkanes) is 1. The summed E-state index contributed by atoms with van der Waals surface area (Å²) in [4.78, 5) is 11.5. The molecule has 1 aromatic carbocycles. The number of allylic oxidation sites excluding steroid dienone is 4. The van der Waals surface area contributed by atoms with Crippen molar-refractivity contribution < 1.29 is 4.79 Å². The third-order valence-corrected chi connectivity index (χ3v) is 3.82. The molecule has 3 N–H and O–H groups in total. The number of amides is 2. The molecule has 0 saturated carbocycles. The van der Waals surface area contributed by atoms with Crippen LogP contribution in [0.4, 0.5) is 10.6 Å². The highest BCUT2D eigenvalue weighted by Crippen LogP contribution is 2.29. The summed E-state index contributed by atoms with van der Waals surface area (Å²) < 4.78 is 1.73. The number of anilines is 1. The van der Waals surface area contributed by atoms with Crippen LogP contribution in [0.15, 0.2) is 48.6 Å². The number of carbonyl (C=O) groups excluding carboxylic acids is 1. The van der Waals surface area contributed by atoms with Crippen molar-refractivity contribution in [2.24, 2.45) is 5.73 Å². The molecule has 0 saturated heterocycles. The van der Waals surface area contributed by atoms with Gasteiger partial charge in [-0.1, -0.05) is 56.7 Å². The second-order valence-corrected chi connectivity index (χ2v) is 5.82. The Labute approximate surface area is 149 Å². The van der Waals surface area contributed by atoms with Crippen LogP contribution in [0.3, 0.4) is 0 Å². The van der Waals surface area contributed by atoms with Crippen molar-refractivity contribution in [3.63, 3.8) is 0 Å². The molecular formula is C20H26N4O. The van der Waals surface area contributed by atoms with Crippen LogP contribution in [0.2, 0.25) is 0 Å². The number of nitrogens with one attached hydrogen (secondary N) is 1. The Morgan fingerprint density at radius 3 is 2.60 bits per heavy atom. The largest absolute Gasteiger partial charge is 0.351 e. The summed E-state index contributed by atoms with van der Waals surface area (Å²) in [6, 6.07) is 9.10. The topological polar surface area (TPSA) is 72.9 Å². The molecule has 25 heavy (non-hydrogen) atoms. The average molecular weight is 338 g/mol. The van der Waals surface area contributed by atoms with Gasteiger partial charge in [-0.05, 0) is 37.5 Å². The van der Waals surface area contributed by atoms with Crippen molar-refractivity contribution in [2.75, 3.05) is 5.32 Å². The summed E-state index contributed by atoms with van der Waals surface area (Å²) in [5.41, 5.74) is 9.04. The maximum Gasteiger partial charge on any atom is 0.317 e. The van der Waals surface area contributed by atoms with E-state index in [0.29, 0.717) is 5.82 Å². The fourth-order valence-corrected chi connectivity index (χ4v) is 2.58. The number of primary amides is 1. The zero-order valence-corrected chi connectivity index (χ0v) is 15.1. The molecule has 0 bridgehead atoms. The van der Waals surface area contributed by atoms with Crippen LogP contribution < -0.4 is 11.1 Å². The van der Waals surface area contributed by atoms with Crippen molar-refractivity contribution in [3.8, 4) is 5.69 Å². The molecule has 2 amide bonds. The molecule has 2 aromatic rings. The maximum atomic E-state index is 11.5. The van der Waals surface area contributed by atoms with Crippen molar-refractivity contribution in [3.05, 3.63) is 59.8 Å². The van der Waals surface area contributed by atoms with Gasteiger partial charge in [-0.15, -0.1) is 0 Å². The normalized spacial score (nSPS) is 11.9. The van der Waals surface area contributed by atoms with Crippen LogP contribution in [0.25, 0.3) is 11.3 Å². The van der Waals surface area contributed by atoms with Gasteiger partial charge in [0.1, 0.15) is 5.82 Å². The first-order chi connectivity index (χ1) is 12.1. The number of aromatic nitrogens is 2. The molecule has 0 aliphatic rings. The number of hydrogen-bond donors (Lipinski definition) is 2. The zero-order chi connectivity index (χ0) is 18.2. The monoisotopic (exact) mass is 338 g/mol. The van der Waals surface area contributed by atoms with E-state index in [1.165, 1.54) is 0 Å². The highest BCUT2D eigenvalue weighted by molar-refractivity contribution is 5.89. The van der Waals surface area contributed by atoms with Crippen molar-refractivity contribution >= 4 is 17.4 Å². The molecule has 1 aromatic heterocycles.